The molecule has 0 unspecified atom stereocenters. The van der Waals surface area contributed by atoms with E-state index in [-0.39, 0.29) is 5.91 Å². The number of nitrogens with one attached hydrogen (secondary N) is 2. The third-order valence-electron chi connectivity index (χ3n) is 5.12. The summed E-state index contributed by atoms with van der Waals surface area (Å²) in [6, 6.07) is 22.0. The van der Waals surface area contributed by atoms with Crippen molar-refractivity contribution in [2.24, 2.45) is 0 Å². The van der Waals surface area contributed by atoms with Crippen molar-refractivity contribution in [3.63, 3.8) is 0 Å². The monoisotopic (exact) mass is 398 g/mol. The van der Waals surface area contributed by atoms with Crippen molar-refractivity contribution >= 4 is 28.3 Å². The summed E-state index contributed by atoms with van der Waals surface area (Å²) in [5.41, 5.74) is 5.14. The van der Waals surface area contributed by atoms with Gasteiger partial charge in [0.05, 0.1) is 5.56 Å². The quantitative estimate of drug-likeness (QED) is 0.449. The van der Waals surface area contributed by atoms with Gasteiger partial charge in [0, 0.05) is 29.4 Å². The second-order valence-corrected chi connectivity index (χ2v) is 7.24. The highest BCUT2D eigenvalue weighted by molar-refractivity contribution is 6.08. The number of para-hydroxylation sites is 2. The molecule has 4 aromatic rings. The number of anilines is 2. The lowest BCUT2D eigenvalue weighted by Gasteiger charge is -2.14. The molecule has 1 amide bonds. The summed E-state index contributed by atoms with van der Waals surface area (Å²) in [4.78, 5) is 24.8. The van der Waals surface area contributed by atoms with Crippen LogP contribution in [0.1, 0.15) is 27.0 Å². The highest BCUT2D eigenvalue weighted by Gasteiger charge is 2.13. The molecular formula is C25H22N2O3. The van der Waals surface area contributed by atoms with E-state index in [1.165, 1.54) is 6.07 Å². The minimum absolute atomic E-state index is 0.201. The van der Waals surface area contributed by atoms with Crippen LogP contribution in [-0.4, -0.2) is 5.91 Å². The van der Waals surface area contributed by atoms with Gasteiger partial charge in [0.25, 0.3) is 5.91 Å². The second-order valence-electron chi connectivity index (χ2n) is 7.24. The fourth-order valence-electron chi connectivity index (χ4n) is 3.37. The Hall–Kier alpha value is -3.86. The Morgan fingerprint density at radius 2 is 1.60 bits per heavy atom. The van der Waals surface area contributed by atoms with Crippen LogP contribution in [-0.2, 0) is 6.54 Å². The molecule has 150 valence electrons. The summed E-state index contributed by atoms with van der Waals surface area (Å²) >= 11 is 0. The number of rotatable bonds is 5. The highest BCUT2D eigenvalue weighted by atomic mass is 16.4. The van der Waals surface area contributed by atoms with Crippen LogP contribution < -0.4 is 16.3 Å². The van der Waals surface area contributed by atoms with Gasteiger partial charge in [-0.1, -0.05) is 30.3 Å². The predicted molar refractivity (Wildman–Crippen MR) is 120 cm³/mol. The van der Waals surface area contributed by atoms with Crippen LogP contribution in [0, 0.1) is 13.8 Å². The Labute approximate surface area is 174 Å². The van der Waals surface area contributed by atoms with Gasteiger partial charge in [-0.15, -0.1) is 0 Å². The lowest BCUT2D eigenvalue weighted by atomic mass is 10.0. The van der Waals surface area contributed by atoms with Gasteiger partial charge in [0.2, 0.25) is 0 Å². The largest absolute Gasteiger partial charge is 0.423 e. The van der Waals surface area contributed by atoms with E-state index in [0.29, 0.717) is 23.4 Å². The van der Waals surface area contributed by atoms with E-state index < -0.39 is 5.63 Å². The summed E-state index contributed by atoms with van der Waals surface area (Å²) in [5.74, 6) is -0.201. The van der Waals surface area contributed by atoms with Gasteiger partial charge in [-0.2, -0.15) is 0 Å². The third-order valence-corrected chi connectivity index (χ3v) is 5.12. The minimum Gasteiger partial charge on any atom is -0.423 e. The zero-order valence-corrected chi connectivity index (χ0v) is 16.9. The summed E-state index contributed by atoms with van der Waals surface area (Å²) in [5, 5.41) is 7.10. The van der Waals surface area contributed by atoms with E-state index in [0.717, 1.165) is 27.8 Å². The number of benzene rings is 3. The van der Waals surface area contributed by atoms with Gasteiger partial charge in [-0.25, -0.2) is 4.79 Å². The van der Waals surface area contributed by atoms with Crippen molar-refractivity contribution in [3.05, 3.63) is 105 Å². The van der Waals surface area contributed by atoms with Gasteiger partial charge in [-0.05, 0) is 66.9 Å². The lowest BCUT2D eigenvalue weighted by molar-refractivity contribution is 0.102. The van der Waals surface area contributed by atoms with Crippen LogP contribution in [0.25, 0.3) is 11.0 Å². The molecule has 1 heterocycles. The fraction of sp³-hybridized carbons (Fsp3) is 0.120. The molecule has 3 aromatic carbocycles. The molecule has 0 radical (unpaired) electrons. The van der Waals surface area contributed by atoms with Gasteiger partial charge in [0.15, 0.2) is 0 Å². The Kier molecular flexibility index (Phi) is 5.35. The first kappa shape index (κ1) is 19.5. The van der Waals surface area contributed by atoms with Crippen molar-refractivity contribution in [1.29, 1.82) is 0 Å². The average molecular weight is 398 g/mol. The van der Waals surface area contributed by atoms with E-state index in [1.807, 2.05) is 74.5 Å². The van der Waals surface area contributed by atoms with Crippen molar-refractivity contribution in [2.45, 2.75) is 20.4 Å². The van der Waals surface area contributed by atoms with Crippen LogP contribution in [0.15, 0.2) is 82.0 Å². The van der Waals surface area contributed by atoms with Crippen molar-refractivity contribution in [1.82, 2.24) is 0 Å². The van der Waals surface area contributed by atoms with E-state index in [2.05, 4.69) is 10.6 Å². The first-order valence-electron chi connectivity index (χ1n) is 9.74. The van der Waals surface area contributed by atoms with E-state index in [4.69, 9.17) is 4.42 Å². The topological polar surface area (TPSA) is 71.3 Å². The molecule has 2 N–H and O–H groups in total. The molecule has 0 aliphatic rings. The van der Waals surface area contributed by atoms with Crippen LogP contribution in [0.4, 0.5) is 11.4 Å². The van der Waals surface area contributed by atoms with E-state index >= 15 is 0 Å². The molecule has 30 heavy (non-hydrogen) atoms. The van der Waals surface area contributed by atoms with Crippen LogP contribution in [0.2, 0.25) is 0 Å². The maximum Gasteiger partial charge on any atom is 0.336 e. The normalized spacial score (nSPS) is 10.7. The number of amides is 1. The average Bonchev–Trinajstić information content (AvgIpc) is 2.74. The Morgan fingerprint density at radius 3 is 2.40 bits per heavy atom. The first-order valence-corrected chi connectivity index (χ1v) is 9.74. The molecule has 5 nitrogen and oxygen atoms in total. The van der Waals surface area contributed by atoms with Crippen molar-refractivity contribution in [2.75, 3.05) is 10.6 Å². The molecule has 0 saturated heterocycles. The summed E-state index contributed by atoms with van der Waals surface area (Å²) < 4.78 is 5.37. The maximum absolute atomic E-state index is 12.8. The van der Waals surface area contributed by atoms with Gasteiger partial charge in [-0.3, -0.25) is 4.79 Å². The number of fused-ring (bicyclic) bond motifs is 1. The molecule has 0 bridgehead atoms. The zero-order chi connectivity index (χ0) is 21.1. The molecule has 5 heteroatoms. The molecule has 0 atom stereocenters. The van der Waals surface area contributed by atoms with E-state index in [1.54, 1.807) is 6.07 Å². The highest BCUT2D eigenvalue weighted by Crippen LogP contribution is 2.24. The molecule has 4 rings (SSSR count). The standard InChI is InChI=1S/C25H22N2O3/c1-16-12-21-18(14-24(28)30-23(21)13-17(16)2)15-26-22-11-7-6-10-20(22)25(29)27-19-8-4-3-5-9-19/h3-14,26H,15H2,1-2H3,(H,27,29). The minimum atomic E-state index is -0.391. The molecule has 0 saturated carbocycles. The molecular weight excluding hydrogens is 376 g/mol. The fourth-order valence-corrected chi connectivity index (χ4v) is 3.37. The Bertz CT molecular complexity index is 1280. The summed E-state index contributed by atoms with van der Waals surface area (Å²) in [6.45, 7) is 4.40. The van der Waals surface area contributed by atoms with Crippen LogP contribution in [0.3, 0.4) is 0 Å². The van der Waals surface area contributed by atoms with Gasteiger partial charge >= 0.3 is 5.63 Å². The smallest absolute Gasteiger partial charge is 0.336 e. The Morgan fingerprint density at radius 1 is 0.900 bits per heavy atom. The molecule has 0 spiro atoms. The maximum atomic E-state index is 12.8. The molecule has 0 fully saturated rings. The van der Waals surface area contributed by atoms with Gasteiger partial charge in [0.1, 0.15) is 5.58 Å². The molecule has 0 aliphatic carbocycles. The summed E-state index contributed by atoms with van der Waals surface area (Å²) in [6.07, 6.45) is 0. The Balaban J connectivity index is 1.61. The number of hydrogen-bond acceptors (Lipinski definition) is 4. The van der Waals surface area contributed by atoms with Crippen LogP contribution >= 0.6 is 0 Å². The third kappa shape index (κ3) is 4.10. The molecule has 0 aliphatic heterocycles. The first-order chi connectivity index (χ1) is 14.5. The van der Waals surface area contributed by atoms with Crippen LogP contribution in [0.5, 0.6) is 0 Å². The number of aryl methyl sites for hydroxylation is 2. The number of carbonyl (C=O) groups excluding carboxylic acids is 1. The zero-order valence-electron chi connectivity index (χ0n) is 16.9. The second kappa shape index (κ2) is 8.25. The van der Waals surface area contributed by atoms with Gasteiger partial charge < -0.3 is 15.1 Å². The van der Waals surface area contributed by atoms with E-state index in [9.17, 15) is 9.59 Å². The summed E-state index contributed by atoms with van der Waals surface area (Å²) in [7, 11) is 0. The molecule has 1 aromatic heterocycles. The number of hydrogen-bond donors (Lipinski definition) is 2. The lowest BCUT2D eigenvalue weighted by Crippen LogP contribution is -2.15. The van der Waals surface area contributed by atoms with Crippen molar-refractivity contribution < 1.29 is 9.21 Å². The van der Waals surface area contributed by atoms with Crippen molar-refractivity contribution in [3.8, 4) is 0 Å². The number of carbonyl (C=O) groups is 1. The predicted octanol–water partition coefficient (Wildman–Crippen LogP) is 5.27. The SMILES string of the molecule is Cc1cc2oc(=O)cc(CNc3ccccc3C(=O)Nc3ccccc3)c2cc1C.